The maximum absolute atomic E-state index is 9.72. The molecule has 2 N–H and O–H groups in total. The number of hydrogen-bond donors (Lipinski definition) is 2. The molecule has 0 bridgehead atoms. The Morgan fingerprint density at radius 3 is 2.53 bits per heavy atom. The highest BCUT2D eigenvalue weighted by atomic mass is 16.5. The van der Waals surface area contributed by atoms with Crippen molar-refractivity contribution >= 4 is 0 Å². The third-order valence-corrected chi connectivity index (χ3v) is 3.42. The first-order chi connectivity index (χ1) is 8.11. The monoisotopic (exact) mass is 245 g/mol. The molecular weight excluding hydrogens is 218 g/mol. The molecule has 1 rings (SSSR count). The highest BCUT2D eigenvalue weighted by Gasteiger charge is 2.21. The van der Waals surface area contributed by atoms with E-state index in [4.69, 9.17) is 4.74 Å². The van der Waals surface area contributed by atoms with Gasteiger partial charge in [-0.3, -0.25) is 0 Å². The molecule has 4 heteroatoms. The van der Waals surface area contributed by atoms with Gasteiger partial charge in [-0.2, -0.15) is 0 Å². The molecule has 0 aliphatic heterocycles. The second kappa shape index (κ2) is 8.03. The number of aliphatic hydroxyl groups excluding tert-OH is 2. The quantitative estimate of drug-likeness (QED) is 0.699. The molecule has 0 heterocycles. The number of ether oxygens (including phenoxy) is 1. The molecule has 17 heavy (non-hydrogen) atoms. The zero-order valence-corrected chi connectivity index (χ0v) is 11.1. The summed E-state index contributed by atoms with van der Waals surface area (Å²) in [5.41, 5.74) is 0. The van der Waals surface area contributed by atoms with Gasteiger partial charge < -0.3 is 19.8 Å². The summed E-state index contributed by atoms with van der Waals surface area (Å²) in [6.07, 6.45) is 3.59. The van der Waals surface area contributed by atoms with Crippen LogP contribution >= 0.6 is 0 Å². The van der Waals surface area contributed by atoms with Crippen LogP contribution in [0.1, 0.15) is 32.6 Å². The van der Waals surface area contributed by atoms with E-state index in [0.717, 1.165) is 32.2 Å². The molecule has 0 aromatic carbocycles. The standard InChI is InChI=1S/C13H27NO3/c1-3-17-10-13(16)9-14(2)8-11-4-6-12(15)7-5-11/h11-13,15-16H,3-10H2,1-2H3. The summed E-state index contributed by atoms with van der Waals surface area (Å²) in [4.78, 5) is 2.17. The molecule has 1 atom stereocenters. The molecule has 4 nitrogen and oxygen atoms in total. The number of hydrogen-bond acceptors (Lipinski definition) is 4. The van der Waals surface area contributed by atoms with E-state index in [1.165, 1.54) is 0 Å². The first-order valence-corrected chi connectivity index (χ1v) is 6.74. The predicted octanol–water partition coefficient (Wildman–Crippen LogP) is 0.867. The largest absolute Gasteiger partial charge is 0.393 e. The highest BCUT2D eigenvalue weighted by Crippen LogP contribution is 2.24. The first kappa shape index (κ1) is 14.9. The van der Waals surface area contributed by atoms with Gasteiger partial charge in [0.15, 0.2) is 0 Å². The molecule has 0 aromatic heterocycles. The minimum Gasteiger partial charge on any atom is -0.393 e. The maximum Gasteiger partial charge on any atom is 0.0900 e. The molecule has 1 fully saturated rings. The molecule has 1 unspecified atom stereocenters. The summed E-state index contributed by atoms with van der Waals surface area (Å²) in [5, 5.41) is 19.1. The summed E-state index contributed by atoms with van der Waals surface area (Å²) >= 11 is 0. The fraction of sp³-hybridized carbons (Fsp3) is 1.00. The van der Waals surface area contributed by atoms with Gasteiger partial charge in [-0.15, -0.1) is 0 Å². The smallest absolute Gasteiger partial charge is 0.0900 e. The van der Waals surface area contributed by atoms with Gasteiger partial charge in [0.25, 0.3) is 0 Å². The van der Waals surface area contributed by atoms with Crippen LogP contribution in [0.4, 0.5) is 0 Å². The van der Waals surface area contributed by atoms with Crippen molar-refractivity contribution in [2.75, 3.05) is 33.4 Å². The van der Waals surface area contributed by atoms with E-state index in [0.29, 0.717) is 25.7 Å². The maximum atomic E-state index is 9.72. The summed E-state index contributed by atoms with van der Waals surface area (Å²) in [7, 11) is 2.04. The summed E-state index contributed by atoms with van der Waals surface area (Å²) in [5.74, 6) is 0.669. The average Bonchev–Trinajstić information content (AvgIpc) is 2.29. The van der Waals surface area contributed by atoms with Crippen LogP contribution in [0, 0.1) is 5.92 Å². The normalized spacial score (nSPS) is 27.4. The summed E-state index contributed by atoms with van der Waals surface area (Å²) in [6, 6.07) is 0. The second-order valence-electron chi connectivity index (χ2n) is 5.21. The van der Waals surface area contributed by atoms with Crippen LogP contribution < -0.4 is 0 Å². The number of likely N-dealkylation sites (N-methyl/N-ethyl adjacent to an activating group) is 1. The van der Waals surface area contributed by atoms with Crippen molar-refractivity contribution in [3.63, 3.8) is 0 Å². The number of rotatable bonds is 7. The molecular formula is C13H27NO3. The van der Waals surface area contributed by atoms with Crippen LogP contribution in [0.3, 0.4) is 0 Å². The Labute approximate surface area is 105 Å². The van der Waals surface area contributed by atoms with Crippen LogP contribution in [-0.2, 0) is 4.74 Å². The molecule has 102 valence electrons. The van der Waals surface area contributed by atoms with Crippen molar-refractivity contribution in [1.82, 2.24) is 4.90 Å². The highest BCUT2D eigenvalue weighted by molar-refractivity contribution is 4.74. The van der Waals surface area contributed by atoms with Gasteiger partial charge in [-0.05, 0) is 45.6 Å². The Morgan fingerprint density at radius 2 is 1.94 bits per heavy atom. The number of nitrogens with zero attached hydrogens (tertiary/aromatic N) is 1. The first-order valence-electron chi connectivity index (χ1n) is 6.74. The predicted molar refractivity (Wildman–Crippen MR) is 68.0 cm³/mol. The Balaban J connectivity index is 2.13. The topological polar surface area (TPSA) is 52.9 Å². The molecule has 0 saturated heterocycles. The van der Waals surface area contributed by atoms with Gasteiger partial charge in [0.2, 0.25) is 0 Å². The molecule has 0 radical (unpaired) electrons. The minimum atomic E-state index is -0.394. The fourth-order valence-corrected chi connectivity index (χ4v) is 2.51. The van der Waals surface area contributed by atoms with Crippen LogP contribution in [0.5, 0.6) is 0 Å². The number of aliphatic hydroxyl groups is 2. The van der Waals surface area contributed by atoms with Crippen molar-refractivity contribution in [2.45, 2.75) is 44.8 Å². The molecule has 0 aromatic rings. The van der Waals surface area contributed by atoms with E-state index in [2.05, 4.69) is 4.90 Å². The van der Waals surface area contributed by atoms with Crippen molar-refractivity contribution in [1.29, 1.82) is 0 Å². The van der Waals surface area contributed by atoms with Gasteiger partial charge in [0.05, 0.1) is 18.8 Å². The van der Waals surface area contributed by atoms with E-state index >= 15 is 0 Å². The van der Waals surface area contributed by atoms with Crippen molar-refractivity contribution < 1.29 is 14.9 Å². The van der Waals surface area contributed by atoms with E-state index in [9.17, 15) is 10.2 Å². The molecule has 1 aliphatic carbocycles. The van der Waals surface area contributed by atoms with E-state index in [-0.39, 0.29) is 6.10 Å². The molecule has 1 aliphatic rings. The van der Waals surface area contributed by atoms with Crippen molar-refractivity contribution in [3.8, 4) is 0 Å². The Hall–Kier alpha value is -0.160. The van der Waals surface area contributed by atoms with Gasteiger partial charge in [0.1, 0.15) is 0 Å². The van der Waals surface area contributed by atoms with E-state index < -0.39 is 6.10 Å². The lowest BCUT2D eigenvalue weighted by Gasteiger charge is -2.30. The lowest BCUT2D eigenvalue weighted by Crippen LogP contribution is -2.36. The zero-order chi connectivity index (χ0) is 12.7. The SMILES string of the molecule is CCOCC(O)CN(C)CC1CCC(O)CC1. The Bertz CT molecular complexity index is 193. The van der Waals surface area contributed by atoms with Gasteiger partial charge in [-0.25, -0.2) is 0 Å². The molecule has 0 spiro atoms. The van der Waals surface area contributed by atoms with Crippen LogP contribution in [0.25, 0.3) is 0 Å². The van der Waals surface area contributed by atoms with Crippen molar-refractivity contribution in [3.05, 3.63) is 0 Å². The average molecular weight is 245 g/mol. The van der Waals surface area contributed by atoms with E-state index in [1.54, 1.807) is 0 Å². The van der Waals surface area contributed by atoms with Crippen LogP contribution in [0.2, 0.25) is 0 Å². The van der Waals surface area contributed by atoms with Crippen molar-refractivity contribution in [2.24, 2.45) is 5.92 Å². The summed E-state index contributed by atoms with van der Waals surface area (Å²) < 4.78 is 5.19. The third kappa shape index (κ3) is 6.36. The molecule has 0 amide bonds. The Morgan fingerprint density at radius 1 is 1.29 bits per heavy atom. The summed E-state index contributed by atoms with van der Waals surface area (Å²) in [6.45, 7) is 4.68. The third-order valence-electron chi connectivity index (χ3n) is 3.42. The van der Waals surface area contributed by atoms with Gasteiger partial charge >= 0.3 is 0 Å². The zero-order valence-electron chi connectivity index (χ0n) is 11.1. The molecule has 1 saturated carbocycles. The second-order valence-corrected chi connectivity index (χ2v) is 5.21. The fourth-order valence-electron chi connectivity index (χ4n) is 2.51. The lowest BCUT2D eigenvalue weighted by atomic mass is 9.87. The van der Waals surface area contributed by atoms with Crippen LogP contribution in [0.15, 0.2) is 0 Å². The Kier molecular flexibility index (Phi) is 7.04. The van der Waals surface area contributed by atoms with Gasteiger partial charge in [0, 0.05) is 19.7 Å². The van der Waals surface area contributed by atoms with E-state index in [1.807, 2.05) is 14.0 Å². The minimum absolute atomic E-state index is 0.0832. The van der Waals surface area contributed by atoms with Gasteiger partial charge in [-0.1, -0.05) is 0 Å². The lowest BCUT2D eigenvalue weighted by molar-refractivity contribution is 0.0203. The van der Waals surface area contributed by atoms with Crippen LogP contribution in [-0.4, -0.2) is 60.7 Å².